The van der Waals surface area contributed by atoms with E-state index in [-0.39, 0.29) is 11.6 Å². The quantitative estimate of drug-likeness (QED) is 0.780. The lowest BCUT2D eigenvalue weighted by Crippen LogP contribution is -1.89. The lowest BCUT2D eigenvalue weighted by Gasteiger charge is -1.96. The van der Waals surface area contributed by atoms with Crippen molar-refractivity contribution in [3.05, 3.63) is 51.2 Å². The van der Waals surface area contributed by atoms with Gasteiger partial charge in [0.15, 0.2) is 5.78 Å². The standard InChI is InChI=1S/C13H12FNOS/c1-8-13(9(2)16)17-12(15-8)7-10-3-5-11(14)6-4-10/h3-6H,7H2,1-2H3. The molecule has 1 heterocycles. The summed E-state index contributed by atoms with van der Waals surface area (Å²) in [6, 6.07) is 6.34. The van der Waals surface area contributed by atoms with Crippen molar-refractivity contribution in [2.75, 3.05) is 0 Å². The Bertz CT molecular complexity index is 545. The van der Waals surface area contributed by atoms with Crippen LogP contribution in [0.25, 0.3) is 0 Å². The average molecular weight is 249 g/mol. The molecule has 0 spiro atoms. The van der Waals surface area contributed by atoms with Gasteiger partial charge in [-0.3, -0.25) is 4.79 Å². The molecule has 1 aromatic heterocycles. The molecule has 0 bridgehead atoms. The molecule has 17 heavy (non-hydrogen) atoms. The Morgan fingerprint density at radius 2 is 2.00 bits per heavy atom. The molecular weight excluding hydrogens is 237 g/mol. The van der Waals surface area contributed by atoms with Crippen LogP contribution in [0.3, 0.4) is 0 Å². The third-order valence-corrected chi connectivity index (χ3v) is 3.69. The number of Topliss-reactive ketones (excluding diaryl/α,β-unsaturated/α-hetero) is 1. The molecule has 0 unspecified atom stereocenters. The number of rotatable bonds is 3. The molecule has 2 nitrogen and oxygen atoms in total. The third-order valence-electron chi connectivity index (χ3n) is 2.43. The van der Waals surface area contributed by atoms with Gasteiger partial charge < -0.3 is 0 Å². The SMILES string of the molecule is CC(=O)c1sc(Cc2ccc(F)cc2)nc1C. The number of carbonyl (C=O) groups excluding carboxylic acids is 1. The van der Waals surface area contributed by atoms with E-state index >= 15 is 0 Å². The molecule has 1 aromatic carbocycles. The fourth-order valence-electron chi connectivity index (χ4n) is 1.63. The van der Waals surface area contributed by atoms with Gasteiger partial charge in [0.2, 0.25) is 0 Å². The topological polar surface area (TPSA) is 30.0 Å². The van der Waals surface area contributed by atoms with Crippen molar-refractivity contribution >= 4 is 17.1 Å². The molecular formula is C13H12FNOS. The van der Waals surface area contributed by atoms with Gasteiger partial charge in [0.05, 0.1) is 15.6 Å². The number of benzene rings is 1. The van der Waals surface area contributed by atoms with Crippen molar-refractivity contribution in [3.8, 4) is 0 Å². The fraction of sp³-hybridized carbons (Fsp3) is 0.231. The van der Waals surface area contributed by atoms with Gasteiger partial charge >= 0.3 is 0 Å². The van der Waals surface area contributed by atoms with E-state index in [1.54, 1.807) is 19.1 Å². The normalized spacial score (nSPS) is 10.5. The summed E-state index contributed by atoms with van der Waals surface area (Å²) in [5.74, 6) is -0.196. The summed E-state index contributed by atoms with van der Waals surface area (Å²) >= 11 is 1.41. The summed E-state index contributed by atoms with van der Waals surface area (Å²) in [5.41, 5.74) is 1.77. The number of nitrogens with zero attached hydrogens (tertiary/aromatic N) is 1. The second-order valence-corrected chi connectivity index (χ2v) is 4.97. The zero-order valence-electron chi connectivity index (χ0n) is 9.66. The minimum Gasteiger partial charge on any atom is -0.294 e. The lowest BCUT2D eigenvalue weighted by atomic mass is 10.1. The van der Waals surface area contributed by atoms with Crippen LogP contribution in [0.5, 0.6) is 0 Å². The molecule has 0 N–H and O–H groups in total. The molecule has 0 aliphatic rings. The molecule has 4 heteroatoms. The molecule has 2 rings (SSSR count). The van der Waals surface area contributed by atoms with Crippen molar-refractivity contribution < 1.29 is 9.18 Å². The molecule has 0 amide bonds. The van der Waals surface area contributed by atoms with Gasteiger partial charge in [0, 0.05) is 13.3 Å². The van der Waals surface area contributed by atoms with Crippen LogP contribution in [0.4, 0.5) is 4.39 Å². The minimum absolute atomic E-state index is 0.0466. The molecule has 0 saturated carbocycles. The first-order valence-corrected chi connectivity index (χ1v) is 6.09. The third kappa shape index (κ3) is 2.77. The Labute approximate surface area is 103 Å². The van der Waals surface area contributed by atoms with E-state index < -0.39 is 0 Å². The summed E-state index contributed by atoms with van der Waals surface area (Å²) in [4.78, 5) is 16.4. The van der Waals surface area contributed by atoms with E-state index in [0.29, 0.717) is 11.3 Å². The van der Waals surface area contributed by atoms with Gasteiger partial charge in [0.1, 0.15) is 5.82 Å². The maximum absolute atomic E-state index is 12.7. The first-order chi connectivity index (χ1) is 8.06. The van der Waals surface area contributed by atoms with Crippen LogP contribution in [-0.4, -0.2) is 10.8 Å². The summed E-state index contributed by atoms with van der Waals surface area (Å²) < 4.78 is 12.7. The highest BCUT2D eigenvalue weighted by molar-refractivity contribution is 7.13. The number of halogens is 1. The number of thiazole rings is 1. The lowest BCUT2D eigenvalue weighted by molar-refractivity contribution is 0.102. The van der Waals surface area contributed by atoms with Crippen molar-refractivity contribution in [3.63, 3.8) is 0 Å². The fourth-order valence-corrected chi connectivity index (χ4v) is 2.63. The zero-order valence-corrected chi connectivity index (χ0v) is 10.5. The Balaban J connectivity index is 2.22. The van der Waals surface area contributed by atoms with Crippen LogP contribution in [0, 0.1) is 12.7 Å². The van der Waals surface area contributed by atoms with Crippen LogP contribution in [0.15, 0.2) is 24.3 Å². The molecule has 0 radical (unpaired) electrons. The van der Waals surface area contributed by atoms with E-state index in [1.165, 1.54) is 23.5 Å². The van der Waals surface area contributed by atoms with Crippen molar-refractivity contribution in [2.24, 2.45) is 0 Å². The van der Waals surface area contributed by atoms with E-state index in [0.717, 1.165) is 16.3 Å². The van der Waals surface area contributed by atoms with Gasteiger partial charge in [0.25, 0.3) is 0 Å². The van der Waals surface area contributed by atoms with E-state index in [1.807, 2.05) is 6.92 Å². The van der Waals surface area contributed by atoms with Crippen LogP contribution in [-0.2, 0) is 6.42 Å². The molecule has 0 fully saturated rings. The predicted octanol–water partition coefficient (Wildman–Crippen LogP) is 3.38. The maximum atomic E-state index is 12.7. The first-order valence-electron chi connectivity index (χ1n) is 5.28. The van der Waals surface area contributed by atoms with Crippen LogP contribution >= 0.6 is 11.3 Å². The molecule has 88 valence electrons. The second kappa shape index (κ2) is 4.75. The van der Waals surface area contributed by atoms with Crippen molar-refractivity contribution in [1.29, 1.82) is 0 Å². The number of hydrogen-bond donors (Lipinski definition) is 0. The predicted molar refractivity (Wildman–Crippen MR) is 66.1 cm³/mol. The first kappa shape index (κ1) is 11.9. The average Bonchev–Trinajstić information content (AvgIpc) is 2.63. The van der Waals surface area contributed by atoms with Crippen molar-refractivity contribution in [2.45, 2.75) is 20.3 Å². The minimum atomic E-state index is -0.242. The number of aromatic nitrogens is 1. The summed E-state index contributed by atoms with van der Waals surface area (Å²) in [5, 5.41) is 0.888. The van der Waals surface area contributed by atoms with Gasteiger partial charge in [-0.05, 0) is 24.6 Å². The van der Waals surface area contributed by atoms with E-state index in [9.17, 15) is 9.18 Å². The van der Waals surface area contributed by atoms with Crippen LogP contribution in [0.2, 0.25) is 0 Å². The Morgan fingerprint density at radius 1 is 1.35 bits per heavy atom. The maximum Gasteiger partial charge on any atom is 0.171 e. The number of carbonyl (C=O) groups is 1. The van der Waals surface area contributed by atoms with Gasteiger partial charge in [-0.15, -0.1) is 11.3 Å². The Hall–Kier alpha value is -1.55. The monoisotopic (exact) mass is 249 g/mol. The summed E-state index contributed by atoms with van der Waals surface area (Å²) in [6.45, 7) is 3.38. The largest absolute Gasteiger partial charge is 0.294 e. The molecule has 2 aromatic rings. The van der Waals surface area contributed by atoms with Crippen molar-refractivity contribution in [1.82, 2.24) is 4.98 Å². The van der Waals surface area contributed by atoms with Crippen LogP contribution < -0.4 is 0 Å². The van der Waals surface area contributed by atoms with Gasteiger partial charge in [-0.25, -0.2) is 9.37 Å². The smallest absolute Gasteiger partial charge is 0.171 e. The number of ketones is 1. The number of aryl methyl sites for hydroxylation is 1. The highest BCUT2D eigenvalue weighted by Gasteiger charge is 2.11. The highest BCUT2D eigenvalue weighted by atomic mass is 32.1. The Kier molecular flexibility index (Phi) is 3.33. The van der Waals surface area contributed by atoms with Gasteiger partial charge in [-0.1, -0.05) is 12.1 Å². The van der Waals surface area contributed by atoms with E-state index in [4.69, 9.17) is 0 Å². The Morgan fingerprint density at radius 3 is 2.53 bits per heavy atom. The number of hydrogen-bond acceptors (Lipinski definition) is 3. The second-order valence-electron chi connectivity index (χ2n) is 3.88. The summed E-state index contributed by atoms with van der Waals surface area (Å²) in [6.07, 6.45) is 0.638. The summed E-state index contributed by atoms with van der Waals surface area (Å²) in [7, 11) is 0. The van der Waals surface area contributed by atoms with Crippen LogP contribution in [0.1, 0.15) is 32.9 Å². The van der Waals surface area contributed by atoms with E-state index in [2.05, 4.69) is 4.98 Å². The molecule has 0 atom stereocenters. The zero-order chi connectivity index (χ0) is 12.4. The molecule has 0 aliphatic carbocycles. The molecule has 0 aliphatic heterocycles. The highest BCUT2D eigenvalue weighted by Crippen LogP contribution is 2.21. The van der Waals surface area contributed by atoms with Gasteiger partial charge in [-0.2, -0.15) is 0 Å². The molecule has 0 saturated heterocycles.